The van der Waals surface area contributed by atoms with Crippen LogP contribution in [0.3, 0.4) is 0 Å². The van der Waals surface area contributed by atoms with Crippen molar-refractivity contribution in [3.8, 4) is 45.3 Å². The van der Waals surface area contributed by atoms with Crippen molar-refractivity contribution in [3.63, 3.8) is 0 Å². The average Bonchev–Trinajstić information content (AvgIpc) is 3.05. The second-order valence-corrected chi connectivity index (χ2v) is 10.7. The standard InChI is InChI=1S/C36H38N2O8/c1-3-43-15-5-17-45-23-11-7-21(8-12-23)25-19-27(37)29-31(33(25)39)35(41)30-28(38)20-26(34(40)32(30)36(29)42)22-9-13-24(14-10-22)46-18-6-16-44-4-2/h7-14,19-20,39-40H,3-6,15-18,37-38H2,1-2H3. The lowest BCUT2D eigenvalue weighted by molar-refractivity contribution is 0.0975. The lowest BCUT2D eigenvalue weighted by Crippen LogP contribution is -2.24. The highest BCUT2D eigenvalue weighted by molar-refractivity contribution is 6.34. The third-order valence-corrected chi connectivity index (χ3v) is 7.71. The SMILES string of the molecule is CCOCCCOc1ccc(-c2cc(N)c3c(c2O)C(=O)c2c(N)cc(-c4ccc(OCCCOCC)cc4)c(O)c2C3=O)cc1. The fraction of sp³-hybridized carbons (Fsp3) is 0.278. The van der Waals surface area contributed by atoms with E-state index in [1.54, 1.807) is 48.5 Å². The van der Waals surface area contributed by atoms with Crippen LogP contribution in [0.25, 0.3) is 22.3 Å². The van der Waals surface area contributed by atoms with Crippen LogP contribution in [0, 0.1) is 0 Å². The van der Waals surface area contributed by atoms with Gasteiger partial charge in [-0.3, -0.25) is 9.59 Å². The summed E-state index contributed by atoms with van der Waals surface area (Å²) in [5, 5.41) is 22.7. The van der Waals surface area contributed by atoms with Gasteiger partial charge in [-0.05, 0) is 61.4 Å². The van der Waals surface area contributed by atoms with Gasteiger partial charge < -0.3 is 40.6 Å². The molecular weight excluding hydrogens is 588 g/mol. The van der Waals surface area contributed by atoms with Gasteiger partial charge in [0.05, 0.1) is 35.5 Å². The Balaban J connectivity index is 1.42. The molecule has 1 aliphatic carbocycles. The van der Waals surface area contributed by atoms with Crippen molar-refractivity contribution in [2.45, 2.75) is 26.7 Å². The monoisotopic (exact) mass is 626 g/mol. The number of benzene rings is 4. The van der Waals surface area contributed by atoms with Crippen molar-refractivity contribution in [1.82, 2.24) is 0 Å². The van der Waals surface area contributed by atoms with Gasteiger partial charge in [0.1, 0.15) is 23.0 Å². The summed E-state index contributed by atoms with van der Waals surface area (Å²) in [5.41, 5.74) is 13.5. The number of hydrogen-bond donors (Lipinski definition) is 4. The van der Waals surface area contributed by atoms with Crippen LogP contribution in [-0.2, 0) is 9.47 Å². The van der Waals surface area contributed by atoms with E-state index in [2.05, 4.69) is 0 Å². The fourth-order valence-corrected chi connectivity index (χ4v) is 5.46. The number of rotatable bonds is 14. The Hall–Kier alpha value is -5.06. The molecule has 0 aromatic heterocycles. The molecule has 0 bridgehead atoms. The Morgan fingerprint density at radius 3 is 1.28 bits per heavy atom. The van der Waals surface area contributed by atoms with Crippen LogP contribution in [0.1, 0.15) is 58.5 Å². The normalized spacial score (nSPS) is 12.1. The molecule has 1 aliphatic rings. The number of nitrogens with two attached hydrogens (primary N) is 2. The molecule has 0 saturated heterocycles. The van der Waals surface area contributed by atoms with Crippen LogP contribution in [-0.4, -0.2) is 61.4 Å². The summed E-state index contributed by atoms with van der Waals surface area (Å²) in [6.07, 6.45) is 1.49. The van der Waals surface area contributed by atoms with E-state index in [4.69, 9.17) is 30.4 Å². The van der Waals surface area contributed by atoms with E-state index in [0.717, 1.165) is 12.8 Å². The second-order valence-electron chi connectivity index (χ2n) is 10.7. The van der Waals surface area contributed by atoms with Gasteiger partial charge in [-0.25, -0.2) is 0 Å². The molecule has 10 heteroatoms. The topological polar surface area (TPSA) is 164 Å². The largest absolute Gasteiger partial charge is 0.506 e. The zero-order chi connectivity index (χ0) is 32.8. The molecule has 0 radical (unpaired) electrons. The first-order chi connectivity index (χ1) is 22.3. The Kier molecular flexibility index (Phi) is 10.1. The van der Waals surface area contributed by atoms with Crippen molar-refractivity contribution in [2.75, 3.05) is 51.1 Å². The molecular formula is C36H38N2O8. The first-order valence-corrected chi connectivity index (χ1v) is 15.3. The van der Waals surface area contributed by atoms with Crippen LogP contribution in [0.2, 0.25) is 0 Å². The fourth-order valence-electron chi connectivity index (χ4n) is 5.46. The number of ether oxygens (including phenoxy) is 4. The van der Waals surface area contributed by atoms with Crippen molar-refractivity contribution >= 4 is 22.9 Å². The Labute approximate surface area is 267 Å². The number of nitrogen functional groups attached to an aromatic ring is 2. The highest BCUT2D eigenvalue weighted by Crippen LogP contribution is 2.47. The summed E-state index contributed by atoms with van der Waals surface area (Å²) < 4.78 is 22.1. The van der Waals surface area contributed by atoms with Gasteiger partial charge in [0, 0.05) is 61.8 Å². The van der Waals surface area contributed by atoms with Gasteiger partial charge >= 0.3 is 0 Å². The highest BCUT2D eigenvalue weighted by atomic mass is 16.5. The van der Waals surface area contributed by atoms with Crippen LogP contribution in [0.5, 0.6) is 23.0 Å². The summed E-state index contributed by atoms with van der Waals surface area (Å²) in [7, 11) is 0. The maximum Gasteiger partial charge on any atom is 0.200 e. The minimum absolute atomic E-state index is 0.0164. The van der Waals surface area contributed by atoms with Crippen molar-refractivity contribution in [3.05, 3.63) is 82.9 Å². The Bertz CT molecular complexity index is 1600. The molecule has 0 fully saturated rings. The van der Waals surface area contributed by atoms with Crippen LogP contribution >= 0.6 is 0 Å². The number of anilines is 2. The Morgan fingerprint density at radius 1 is 0.565 bits per heavy atom. The van der Waals surface area contributed by atoms with Crippen molar-refractivity contribution in [2.24, 2.45) is 0 Å². The molecule has 4 aromatic carbocycles. The van der Waals surface area contributed by atoms with Crippen LogP contribution in [0.4, 0.5) is 11.4 Å². The number of carbonyl (C=O) groups excluding carboxylic acids is 2. The number of phenolic OH excluding ortho intramolecular Hbond substituents is 2. The predicted octanol–water partition coefficient (Wildman–Crippen LogP) is 5.98. The van der Waals surface area contributed by atoms with E-state index in [1.165, 1.54) is 12.1 Å². The minimum atomic E-state index is -0.708. The second kappa shape index (κ2) is 14.4. The van der Waals surface area contributed by atoms with Gasteiger partial charge in [0.25, 0.3) is 0 Å². The summed E-state index contributed by atoms with van der Waals surface area (Å²) in [5.74, 6) is -0.967. The molecule has 46 heavy (non-hydrogen) atoms. The highest BCUT2D eigenvalue weighted by Gasteiger charge is 2.39. The molecule has 240 valence electrons. The van der Waals surface area contributed by atoms with E-state index < -0.39 is 23.1 Å². The van der Waals surface area contributed by atoms with Gasteiger partial charge in [0.15, 0.2) is 0 Å². The van der Waals surface area contributed by atoms with Crippen LogP contribution in [0.15, 0.2) is 60.7 Å². The average molecular weight is 627 g/mol. The molecule has 5 rings (SSSR count). The molecule has 4 aromatic rings. The number of fused-ring (bicyclic) bond motifs is 2. The van der Waals surface area contributed by atoms with Gasteiger partial charge in [-0.15, -0.1) is 0 Å². The first-order valence-electron chi connectivity index (χ1n) is 15.3. The van der Waals surface area contributed by atoms with E-state index >= 15 is 0 Å². The number of aromatic hydroxyl groups is 2. The van der Waals surface area contributed by atoms with Gasteiger partial charge in [-0.1, -0.05) is 24.3 Å². The van der Waals surface area contributed by atoms with Gasteiger partial charge in [0.2, 0.25) is 11.6 Å². The summed E-state index contributed by atoms with van der Waals surface area (Å²) >= 11 is 0. The van der Waals surface area contributed by atoms with Crippen molar-refractivity contribution in [1.29, 1.82) is 0 Å². The Morgan fingerprint density at radius 2 is 0.935 bits per heavy atom. The van der Waals surface area contributed by atoms with E-state index in [0.29, 0.717) is 62.3 Å². The molecule has 0 saturated carbocycles. The molecule has 10 nitrogen and oxygen atoms in total. The zero-order valence-electron chi connectivity index (χ0n) is 25.9. The molecule has 0 aliphatic heterocycles. The molecule has 6 N–H and O–H groups in total. The molecule has 0 spiro atoms. The summed E-state index contributed by atoms with van der Waals surface area (Å²) in [6, 6.07) is 16.8. The third kappa shape index (κ3) is 6.49. The maximum atomic E-state index is 13.9. The van der Waals surface area contributed by atoms with Crippen molar-refractivity contribution < 1.29 is 38.7 Å². The molecule has 0 unspecified atom stereocenters. The smallest absolute Gasteiger partial charge is 0.200 e. The van der Waals surface area contributed by atoms with E-state index in [1.807, 2.05) is 13.8 Å². The van der Waals surface area contributed by atoms with E-state index in [-0.39, 0.29) is 44.8 Å². The predicted molar refractivity (Wildman–Crippen MR) is 176 cm³/mol. The summed E-state index contributed by atoms with van der Waals surface area (Å²) in [6.45, 7) is 7.35. The molecule has 0 heterocycles. The van der Waals surface area contributed by atoms with E-state index in [9.17, 15) is 19.8 Å². The quantitative estimate of drug-likeness (QED) is 0.0655. The summed E-state index contributed by atoms with van der Waals surface area (Å²) in [4.78, 5) is 27.7. The number of hydrogen-bond acceptors (Lipinski definition) is 10. The first kappa shape index (κ1) is 32.3. The molecule has 0 atom stereocenters. The lowest BCUT2D eigenvalue weighted by atomic mass is 9.78. The zero-order valence-corrected chi connectivity index (χ0v) is 25.9. The lowest BCUT2D eigenvalue weighted by Gasteiger charge is -2.24. The number of carbonyl (C=O) groups is 2. The minimum Gasteiger partial charge on any atom is -0.506 e. The number of phenols is 2. The van der Waals surface area contributed by atoms with Crippen LogP contribution < -0.4 is 20.9 Å². The molecule has 0 amide bonds. The van der Waals surface area contributed by atoms with Gasteiger partial charge in [-0.2, -0.15) is 0 Å². The number of ketones is 2. The maximum absolute atomic E-state index is 13.9. The third-order valence-electron chi connectivity index (χ3n) is 7.71.